The van der Waals surface area contributed by atoms with Crippen LogP contribution in [0.3, 0.4) is 0 Å². The first-order valence-corrected chi connectivity index (χ1v) is 18.4. The molecule has 6 rings (SSSR count). The number of benzene rings is 3. The van der Waals surface area contributed by atoms with E-state index in [1.807, 2.05) is 59.1 Å². The molecule has 0 saturated heterocycles. The van der Waals surface area contributed by atoms with Crippen LogP contribution in [0.5, 0.6) is 5.75 Å². The van der Waals surface area contributed by atoms with Crippen LogP contribution < -0.4 is 4.74 Å². The van der Waals surface area contributed by atoms with Gasteiger partial charge in [0.25, 0.3) is 0 Å². The van der Waals surface area contributed by atoms with Gasteiger partial charge in [-0.05, 0) is 61.6 Å². The number of carbonyl (C=O) groups is 1. The van der Waals surface area contributed by atoms with E-state index in [-0.39, 0.29) is 54.0 Å². The van der Waals surface area contributed by atoms with Gasteiger partial charge >= 0.3 is 0 Å². The molecule has 3 heterocycles. The summed E-state index contributed by atoms with van der Waals surface area (Å²) in [5.41, 5.74) is 4.20. The minimum atomic E-state index is -0.337. The Labute approximate surface area is 310 Å². The zero-order valence-electron chi connectivity index (χ0n) is 30.8. The van der Waals surface area contributed by atoms with Crippen LogP contribution in [-0.4, -0.2) is 22.0 Å². The SMILES string of the molecule is CC1Cc2c(ccc3sc4c(-c5[c-]c6ccccc6c(C(C)(C)C)c5)nccc4c23)O1.CCC(C)(CC)C(=O)/C=C(\O)C(C)(CC)CC.[Ir]. The van der Waals surface area contributed by atoms with Crippen molar-refractivity contribution in [3.05, 3.63) is 83.8 Å². The maximum Gasteiger partial charge on any atom is 0.164 e. The third kappa shape index (κ3) is 7.53. The summed E-state index contributed by atoms with van der Waals surface area (Å²) in [5.74, 6) is 1.32. The van der Waals surface area contributed by atoms with E-state index in [2.05, 4.69) is 82.3 Å². The average molecular weight is 855 g/mol. The predicted octanol–water partition coefficient (Wildman–Crippen LogP) is 12.3. The van der Waals surface area contributed by atoms with Gasteiger partial charge in [-0.25, -0.2) is 0 Å². The quantitative estimate of drug-likeness (QED) is 0.0960. The van der Waals surface area contributed by atoms with Crippen molar-refractivity contribution in [2.45, 2.75) is 113 Å². The van der Waals surface area contributed by atoms with Gasteiger partial charge in [0.1, 0.15) is 17.6 Å². The largest absolute Gasteiger partial charge is 0.512 e. The van der Waals surface area contributed by atoms with Gasteiger partial charge in [0.15, 0.2) is 5.78 Å². The van der Waals surface area contributed by atoms with Crippen LogP contribution in [-0.2, 0) is 36.7 Å². The van der Waals surface area contributed by atoms with Crippen LogP contribution >= 0.6 is 11.3 Å². The van der Waals surface area contributed by atoms with Crippen LogP contribution in [0, 0.1) is 16.9 Å². The van der Waals surface area contributed by atoms with Crippen molar-refractivity contribution in [3.63, 3.8) is 0 Å². The minimum Gasteiger partial charge on any atom is -0.512 e. The predicted molar refractivity (Wildman–Crippen MR) is 204 cm³/mol. The molecule has 1 unspecified atom stereocenters. The van der Waals surface area contributed by atoms with Crippen molar-refractivity contribution in [2.75, 3.05) is 0 Å². The molecule has 1 aliphatic heterocycles. The van der Waals surface area contributed by atoms with E-state index in [9.17, 15) is 9.90 Å². The van der Waals surface area contributed by atoms with Gasteiger partial charge in [-0.15, -0.1) is 40.5 Å². The van der Waals surface area contributed by atoms with E-state index < -0.39 is 0 Å². The molecule has 0 amide bonds. The van der Waals surface area contributed by atoms with Crippen LogP contribution in [0.25, 0.3) is 42.2 Å². The first kappa shape index (κ1) is 38.7. The zero-order valence-corrected chi connectivity index (χ0v) is 34.1. The third-order valence-corrected chi connectivity index (χ3v) is 12.1. The Balaban J connectivity index is 0.000000260. The summed E-state index contributed by atoms with van der Waals surface area (Å²) in [6, 6.07) is 21.0. The number of carbonyl (C=O) groups excluding carboxylic acids is 1. The number of aliphatic hydroxyl groups excluding tert-OH is 1. The minimum absolute atomic E-state index is 0. The van der Waals surface area contributed by atoms with E-state index in [4.69, 9.17) is 9.72 Å². The van der Waals surface area contributed by atoms with E-state index >= 15 is 0 Å². The van der Waals surface area contributed by atoms with Crippen molar-refractivity contribution in [2.24, 2.45) is 10.8 Å². The Kier molecular flexibility index (Phi) is 11.9. The number of fused-ring (bicyclic) bond motifs is 6. The summed E-state index contributed by atoms with van der Waals surface area (Å²) in [5, 5.41) is 15.2. The standard InChI is InChI=1S/C28H24NOS.C15H28O2.Ir/c1-16-13-21-23(30-16)9-10-24-25(21)20-11-12-29-26(27(20)31-24)18-14-17-7-5-6-8-19(17)22(15-18)28(2,3)4;1-7-14(5,8-2)12(16)11-13(17)15(6,9-3)10-4;/h5-12,15-16H,13H2,1-4H3;11,16H,7-10H2,1-6H3;/q-1;;/b;12-11-;. The van der Waals surface area contributed by atoms with Crippen molar-refractivity contribution in [3.8, 4) is 17.0 Å². The summed E-state index contributed by atoms with van der Waals surface area (Å²) < 4.78 is 8.57. The normalized spacial score (nSPS) is 15.1. The monoisotopic (exact) mass is 855 g/mol. The number of aromatic nitrogens is 1. The van der Waals surface area contributed by atoms with Gasteiger partial charge in [0.2, 0.25) is 0 Å². The molecular formula is C43H52IrNO3S-. The van der Waals surface area contributed by atoms with Gasteiger partial charge in [-0.1, -0.05) is 91.5 Å². The Morgan fingerprint density at radius 2 is 1.61 bits per heavy atom. The first-order valence-electron chi connectivity index (χ1n) is 17.6. The summed E-state index contributed by atoms with van der Waals surface area (Å²) in [7, 11) is 0. The Hall–Kier alpha value is -3.05. The molecule has 6 heteroatoms. The van der Waals surface area contributed by atoms with Crippen LogP contribution in [0.15, 0.2) is 66.6 Å². The Bertz CT molecular complexity index is 1990. The molecule has 1 atom stereocenters. The smallest absolute Gasteiger partial charge is 0.164 e. The number of allylic oxidation sites excluding steroid dienone is 2. The Morgan fingerprint density at radius 3 is 2.24 bits per heavy atom. The molecule has 0 aliphatic carbocycles. The van der Waals surface area contributed by atoms with Crippen molar-refractivity contribution >= 4 is 48.1 Å². The number of aliphatic hydroxyl groups is 1. The molecular weight excluding hydrogens is 803 g/mol. The number of nitrogens with zero attached hydrogens (tertiary/aromatic N) is 1. The molecule has 263 valence electrons. The summed E-state index contributed by atoms with van der Waals surface area (Å²) in [6.45, 7) is 21.1. The number of rotatable bonds is 8. The van der Waals surface area contributed by atoms with Crippen molar-refractivity contribution in [1.29, 1.82) is 0 Å². The fourth-order valence-corrected chi connectivity index (χ4v) is 7.79. The topological polar surface area (TPSA) is 59.4 Å². The molecule has 0 saturated carbocycles. The number of thiophene rings is 1. The fraction of sp³-hybridized carbons (Fsp3) is 0.442. The summed E-state index contributed by atoms with van der Waals surface area (Å²) >= 11 is 1.83. The van der Waals surface area contributed by atoms with Gasteiger partial charge in [-0.3, -0.25) is 9.78 Å². The van der Waals surface area contributed by atoms with Gasteiger partial charge < -0.3 is 9.84 Å². The van der Waals surface area contributed by atoms with E-state index in [1.165, 1.54) is 42.8 Å². The third-order valence-electron chi connectivity index (χ3n) is 10.9. The van der Waals surface area contributed by atoms with Crippen LogP contribution in [0.1, 0.15) is 106 Å². The molecule has 1 N–H and O–H groups in total. The van der Waals surface area contributed by atoms with E-state index in [1.54, 1.807) is 0 Å². The molecule has 0 spiro atoms. The average Bonchev–Trinajstić information content (AvgIpc) is 3.66. The number of ether oxygens (including phenoxy) is 1. The molecule has 3 aromatic carbocycles. The van der Waals surface area contributed by atoms with E-state index in [0.29, 0.717) is 0 Å². The molecule has 0 bridgehead atoms. The fourth-order valence-electron chi connectivity index (χ4n) is 6.56. The number of hydrogen-bond donors (Lipinski definition) is 1. The maximum atomic E-state index is 12.2. The molecule has 4 nitrogen and oxygen atoms in total. The number of hydrogen-bond acceptors (Lipinski definition) is 5. The zero-order chi connectivity index (χ0) is 35.0. The summed E-state index contributed by atoms with van der Waals surface area (Å²) in [4.78, 5) is 17.0. The van der Waals surface area contributed by atoms with Crippen molar-refractivity contribution < 1.29 is 34.7 Å². The molecule has 2 aromatic heterocycles. The molecule has 1 aliphatic rings. The maximum absolute atomic E-state index is 12.2. The molecule has 49 heavy (non-hydrogen) atoms. The first-order chi connectivity index (χ1) is 22.7. The van der Waals surface area contributed by atoms with Gasteiger partial charge in [0.05, 0.1) is 0 Å². The molecule has 1 radical (unpaired) electrons. The number of ketones is 1. The molecule has 0 fully saturated rings. The van der Waals surface area contributed by atoms with Crippen LogP contribution in [0.2, 0.25) is 0 Å². The van der Waals surface area contributed by atoms with Gasteiger partial charge in [0, 0.05) is 75.7 Å². The second-order valence-electron chi connectivity index (χ2n) is 15.0. The van der Waals surface area contributed by atoms with Crippen LogP contribution in [0.4, 0.5) is 0 Å². The second kappa shape index (κ2) is 15.1. The molecule has 5 aromatic rings. The van der Waals surface area contributed by atoms with E-state index in [0.717, 1.165) is 54.5 Å². The van der Waals surface area contributed by atoms with Crippen molar-refractivity contribution in [1.82, 2.24) is 4.98 Å². The second-order valence-corrected chi connectivity index (χ2v) is 16.1. The number of pyridine rings is 1. The Morgan fingerprint density at radius 1 is 0.959 bits per heavy atom. The summed E-state index contributed by atoms with van der Waals surface area (Å²) in [6.07, 6.45) is 7.90. The van der Waals surface area contributed by atoms with Gasteiger partial charge in [-0.2, -0.15) is 0 Å².